The number of hydrogen-bond donors (Lipinski definition) is 0. The third kappa shape index (κ3) is 3.87. The van der Waals surface area contributed by atoms with Gasteiger partial charge in [0.05, 0.1) is 12.2 Å². The summed E-state index contributed by atoms with van der Waals surface area (Å²) in [6, 6.07) is 0. The van der Waals surface area contributed by atoms with E-state index in [2.05, 4.69) is 6.92 Å². The van der Waals surface area contributed by atoms with E-state index in [1.165, 1.54) is 0 Å². The molecule has 0 spiro atoms. The molecule has 0 heterocycles. The van der Waals surface area contributed by atoms with Crippen molar-refractivity contribution in [1.82, 2.24) is 0 Å². The van der Waals surface area contributed by atoms with E-state index in [9.17, 15) is 9.59 Å². The molecule has 3 nitrogen and oxygen atoms in total. The van der Waals surface area contributed by atoms with E-state index in [0.717, 1.165) is 19.3 Å². The van der Waals surface area contributed by atoms with Crippen LogP contribution in [0.3, 0.4) is 0 Å². The molecule has 16 heavy (non-hydrogen) atoms. The molecule has 0 radical (unpaired) electrons. The molecule has 0 saturated carbocycles. The van der Waals surface area contributed by atoms with Crippen LogP contribution in [0.15, 0.2) is 29.4 Å². The van der Waals surface area contributed by atoms with Gasteiger partial charge in [-0.15, -0.1) is 0 Å². The average molecular weight is 220 g/mol. The van der Waals surface area contributed by atoms with Crippen LogP contribution in [-0.4, -0.2) is 18.5 Å². The number of ether oxygens (including phenoxy) is 1. The largest absolute Gasteiger partial charge is 0.462 e. The van der Waals surface area contributed by atoms with Gasteiger partial charge in [-0.25, -0.2) is 9.59 Å². The molecule has 1 aliphatic rings. The summed E-state index contributed by atoms with van der Waals surface area (Å²) in [6.45, 7) is 2.57. The lowest BCUT2D eigenvalue weighted by atomic mass is 10.0. The normalized spacial score (nSPS) is 14.3. The van der Waals surface area contributed by atoms with Crippen LogP contribution in [0.2, 0.25) is 0 Å². The monoisotopic (exact) mass is 220 g/mol. The average Bonchev–Trinajstić information content (AvgIpc) is 2.34. The lowest BCUT2D eigenvalue weighted by molar-refractivity contribution is -0.138. The molecule has 0 aromatic heterocycles. The Morgan fingerprint density at radius 3 is 2.81 bits per heavy atom. The van der Waals surface area contributed by atoms with E-state index in [1.807, 2.05) is 0 Å². The van der Waals surface area contributed by atoms with Gasteiger partial charge in [0.1, 0.15) is 5.94 Å². The topological polar surface area (TPSA) is 43.4 Å². The number of allylic oxidation sites excluding steroid dienone is 3. The minimum absolute atomic E-state index is 0.308. The first-order valence-corrected chi connectivity index (χ1v) is 5.57. The predicted octanol–water partition coefficient (Wildman–Crippen LogP) is 2.36. The van der Waals surface area contributed by atoms with Crippen molar-refractivity contribution in [2.24, 2.45) is 0 Å². The number of hydrogen-bond acceptors (Lipinski definition) is 3. The van der Waals surface area contributed by atoms with Crippen molar-refractivity contribution in [3.63, 3.8) is 0 Å². The lowest BCUT2D eigenvalue weighted by Crippen LogP contribution is -2.09. The predicted molar refractivity (Wildman–Crippen MR) is 61.5 cm³/mol. The summed E-state index contributed by atoms with van der Waals surface area (Å²) in [4.78, 5) is 21.8. The molecular weight excluding hydrogens is 204 g/mol. The third-order valence-electron chi connectivity index (χ3n) is 2.35. The molecule has 0 unspecified atom stereocenters. The maximum Gasteiger partial charge on any atom is 0.337 e. The Morgan fingerprint density at radius 1 is 1.44 bits per heavy atom. The molecule has 1 aliphatic carbocycles. The molecule has 0 fully saturated rings. The zero-order valence-corrected chi connectivity index (χ0v) is 9.49. The molecule has 3 heteroatoms. The van der Waals surface area contributed by atoms with Gasteiger partial charge in [-0.3, -0.25) is 0 Å². The zero-order chi connectivity index (χ0) is 11.8. The van der Waals surface area contributed by atoms with Crippen molar-refractivity contribution >= 4 is 11.9 Å². The molecule has 0 N–H and O–H groups in total. The number of carbonyl (C=O) groups is 1. The van der Waals surface area contributed by atoms with E-state index < -0.39 is 0 Å². The van der Waals surface area contributed by atoms with Gasteiger partial charge in [-0.1, -0.05) is 25.8 Å². The van der Waals surface area contributed by atoms with Gasteiger partial charge in [0.25, 0.3) is 0 Å². The quantitative estimate of drug-likeness (QED) is 0.406. The smallest absolute Gasteiger partial charge is 0.337 e. The molecule has 0 saturated heterocycles. The van der Waals surface area contributed by atoms with Crippen LogP contribution in [0, 0.1) is 0 Å². The van der Waals surface area contributed by atoms with Gasteiger partial charge in [-0.2, -0.15) is 0 Å². The van der Waals surface area contributed by atoms with Gasteiger partial charge in [0.15, 0.2) is 0 Å². The summed E-state index contributed by atoms with van der Waals surface area (Å²) < 4.78 is 5.09. The number of unbranched alkanes of at least 4 members (excludes halogenated alkanes) is 2. The second-order valence-corrected chi connectivity index (χ2v) is 3.67. The van der Waals surface area contributed by atoms with Crippen LogP contribution < -0.4 is 0 Å². The Hall–Kier alpha value is -1.60. The summed E-state index contributed by atoms with van der Waals surface area (Å²) in [6.07, 6.45) is 8.44. The Balaban J connectivity index is 2.36. The van der Waals surface area contributed by atoms with Crippen LogP contribution in [0.5, 0.6) is 0 Å². The van der Waals surface area contributed by atoms with Gasteiger partial charge in [0.2, 0.25) is 0 Å². The molecule has 0 aliphatic heterocycles. The van der Waals surface area contributed by atoms with Crippen molar-refractivity contribution in [3.8, 4) is 0 Å². The molecular formula is C13H16O3. The maximum absolute atomic E-state index is 11.5. The molecule has 0 aromatic rings. The van der Waals surface area contributed by atoms with Crippen LogP contribution in [0.4, 0.5) is 0 Å². The summed E-state index contributed by atoms with van der Waals surface area (Å²) in [5.74, 6) is 1.50. The fraction of sp³-hybridized carbons (Fsp3) is 0.462. The first kappa shape index (κ1) is 12.5. The number of carbonyl (C=O) groups excluding carboxylic acids is 2. The lowest BCUT2D eigenvalue weighted by Gasteiger charge is -2.07. The summed E-state index contributed by atoms with van der Waals surface area (Å²) in [5, 5.41) is 0. The highest BCUT2D eigenvalue weighted by atomic mass is 16.5. The summed E-state index contributed by atoms with van der Waals surface area (Å²) in [7, 11) is 0. The molecule has 0 bridgehead atoms. The molecule has 0 amide bonds. The highest BCUT2D eigenvalue weighted by Crippen LogP contribution is 2.14. The minimum atomic E-state index is -0.308. The van der Waals surface area contributed by atoms with Crippen LogP contribution in [0.25, 0.3) is 0 Å². The Labute approximate surface area is 95.5 Å². The molecule has 0 aromatic carbocycles. The van der Waals surface area contributed by atoms with E-state index >= 15 is 0 Å². The fourth-order valence-electron chi connectivity index (χ4n) is 1.37. The molecule has 86 valence electrons. The maximum atomic E-state index is 11.5. The minimum Gasteiger partial charge on any atom is -0.462 e. The van der Waals surface area contributed by atoms with Gasteiger partial charge < -0.3 is 4.74 Å². The van der Waals surface area contributed by atoms with Crippen molar-refractivity contribution in [2.45, 2.75) is 32.6 Å². The summed E-state index contributed by atoms with van der Waals surface area (Å²) in [5.41, 5.74) is 1.08. The standard InChI is InChI=1S/C13H16O3/c1-2-3-4-9-16-13(15)12-7-5-11(10-14)6-8-12/h5,7-8H,2-4,6,9H2,1H3. The van der Waals surface area contributed by atoms with Crippen molar-refractivity contribution in [3.05, 3.63) is 29.4 Å². The fourth-order valence-corrected chi connectivity index (χ4v) is 1.37. The van der Waals surface area contributed by atoms with E-state index in [-0.39, 0.29) is 5.97 Å². The van der Waals surface area contributed by atoms with E-state index in [1.54, 1.807) is 24.2 Å². The zero-order valence-electron chi connectivity index (χ0n) is 9.49. The van der Waals surface area contributed by atoms with Gasteiger partial charge >= 0.3 is 5.97 Å². The van der Waals surface area contributed by atoms with Gasteiger partial charge in [-0.05, 0) is 18.6 Å². The van der Waals surface area contributed by atoms with Crippen LogP contribution >= 0.6 is 0 Å². The van der Waals surface area contributed by atoms with Crippen molar-refractivity contribution < 1.29 is 14.3 Å². The number of esters is 1. The third-order valence-corrected chi connectivity index (χ3v) is 2.35. The van der Waals surface area contributed by atoms with Gasteiger partial charge in [0, 0.05) is 12.0 Å². The highest BCUT2D eigenvalue weighted by Gasteiger charge is 2.11. The molecule has 1 rings (SSSR count). The van der Waals surface area contributed by atoms with Crippen molar-refractivity contribution in [1.29, 1.82) is 0 Å². The second-order valence-electron chi connectivity index (χ2n) is 3.67. The summed E-state index contributed by atoms with van der Waals surface area (Å²) >= 11 is 0. The SMILES string of the molecule is CCCCCOC(=O)C1=CCC(=C=O)C=C1. The first-order chi connectivity index (χ1) is 7.77. The van der Waals surface area contributed by atoms with Crippen LogP contribution in [-0.2, 0) is 14.3 Å². The van der Waals surface area contributed by atoms with E-state index in [4.69, 9.17) is 4.74 Å². The molecule has 0 atom stereocenters. The highest BCUT2D eigenvalue weighted by molar-refractivity contribution is 5.92. The Kier molecular flexibility index (Phi) is 5.30. The van der Waals surface area contributed by atoms with Crippen LogP contribution in [0.1, 0.15) is 32.6 Å². The Bertz CT molecular complexity index is 357. The van der Waals surface area contributed by atoms with Crippen molar-refractivity contribution in [2.75, 3.05) is 6.61 Å². The number of rotatable bonds is 5. The first-order valence-electron chi connectivity index (χ1n) is 5.57. The Morgan fingerprint density at radius 2 is 2.25 bits per heavy atom. The second kappa shape index (κ2) is 6.81. The van der Waals surface area contributed by atoms with E-state index in [0.29, 0.717) is 24.2 Å².